The van der Waals surface area contributed by atoms with Crippen molar-refractivity contribution in [1.29, 1.82) is 0 Å². The van der Waals surface area contributed by atoms with Gasteiger partial charge in [0.2, 0.25) is 10.0 Å². The Morgan fingerprint density at radius 2 is 2.04 bits per heavy atom. The number of anilines is 1. The number of hydrogen-bond acceptors (Lipinski definition) is 4. The van der Waals surface area contributed by atoms with Gasteiger partial charge in [-0.25, -0.2) is 8.42 Å². The largest absolute Gasteiger partial charge is 0.378 e. The SMILES string of the molecule is CN(C)c1cccc(C2CCCN2S(=O)(=O)CC2CCCCO2)c1. The molecule has 0 radical (unpaired) electrons. The number of hydrogen-bond donors (Lipinski definition) is 0. The molecule has 3 rings (SSSR count). The highest BCUT2D eigenvalue weighted by Crippen LogP contribution is 2.36. The van der Waals surface area contributed by atoms with Crippen LogP contribution in [0.4, 0.5) is 5.69 Å². The second-order valence-corrected chi connectivity index (χ2v) is 8.99. The molecule has 1 aromatic rings. The first kappa shape index (κ1) is 17.7. The molecular weight excluding hydrogens is 324 g/mol. The maximum absolute atomic E-state index is 12.9. The molecule has 0 spiro atoms. The summed E-state index contributed by atoms with van der Waals surface area (Å²) in [5.74, 6) is 0.122. The number of nitrogens with zero attached hydrogens (tertiary/aromatic N) is 2. The number of sulfonamides is 1. The number of rotatable bonds is 5. The minimum absolute atomic E-state index is 0.0431. The fraction of sp³-hybridized carbons (Fsp3) is 0.667. The van der Waals surface area contributed by atoms with Gasteiger partial charge in [-0.3, -0.25) is 0 Å². The molecule has 6 heteroatoms. The summed E-state index contributed by atoms with van der Waals surface area (Å²) in [5.41, 5.74) is 2.19. The molecule has 1 aromatic carbocycles. The van der Waals surface area contributed by atoms with Crippen LogP contribution in [0.2, 0.25) is 0 Å². The van der Waals surface area contributed by atoms with Crippen LogP contribution in [-0.4, -0.2) is 51.8 Å². The predicted molar refractivity (Wildman–Crippen MR) is 96.8 cm³/mol. The average Bonchev–Trinajstić information content (AvgIpc) is 3.06. The van der Waals surface area contributed by atoms with Crippen molar-refractivity contribution in [2.75, 3.05) is 37.9 Å². The first-order chi connectivity index (χ1) is 11.5. The van der Waals surface area contributed by atoms with E-state index >= 15 is 0 Å². The summed E-state index contributed by atoms with van der Waals surface area (Å²) in [5, 5.41) is 0. The van der Waals surface area contributed by atoms with Crippen LogP contribution < -0.4 is 4.90 Å². The zero-order chi connectivity index (χ0) is 17.2. The van der Waals surface area contributed by atoms with E-state index < -0.39 is 10.0 Å². The summed E-state index contributed by atoms with van der Waals surface area (Å²) in [6.45, 7) is 1.31. The first-order valence-corrected chi connectivity index (χ1v) is 10.5. The molecule has 5 nitrogen and oxygen atoms in total. The molecule has 0 aliphatic carbocycles. The van der Waals surface area contributed by atoms with E-state index in [1.807, 2.05) is 37.2 Å². The standard InChI is InChI=1S/C18H28N2O3S/c1-19(2)16-8-5-7-15(13-16)18-10-6-11-20(18)24(21,22)14-17-9-3-4-12-23-17/h5,7-8,13,17-18H,3-4,6,9-12,14H2,1-2H3. The molecular formula is C18H28N2O3S. The van der Waals surface area contributed by atoms with Crippen molar-refractivity contribution in [2.45, 2.75) is 44.2 Å². The second kappa shape index (κ2) is 7.42. The maximum Gasteiger partial charge on any atom is 0.217 e. The van der Waals surface area contributed by atoms with Gasteiger partial charge < -0.3 is 9.64 Å². The molecule has 2 aliphatic rings. The van der Waals surface area contributed by atoms with Gasteiger partial charge in [-0.2, -0.15) is 4.31 Å². The smallest absolute Gasteiger partial charge is 0.217 e. The van der Waals surface area contributed by atoms with Crippen molar-refractivity contribution in [3.05, 3.63) is 29.8 Å². The monoisotopic (exact) mass is 352 g/mol. The van der Waals surface area contributed by atoms with Gasteiger partial charge in [-0.15, -0.1) is 0 Å². The molecule has 0 aromatic heterocycles. The Labute approximate surface area is 145 Å². The Morgan fingerprint density at radius 3 is 2.75 bits per heavy atom. The minimum Gasteiger partial charge on any atom is -0.378 e. The first-order valence-electron chi connectivity index (χ1n) is 8.86. The van der Waals surface area contributed by atoms with Crippen molar-refractivity contribution >= 4 is 15.7 Å². The lowest BCUT2D eigenvalue weighted by atomic mass is 10.0. The van der Waals surface area contributed by atoms with E-state index in [4.69, 9.17) is 4.74 Å². The van der Waals surface area contributed by atoms with Gasteiger partial charge in [0.25, 0.3) is 0 Å². The van der Waals surface area contributed by atoms with Crippen molar-refractivity contribution < 1.29 is 13.2 Å². The predicted octanol–water partition coefficient (Wildman–Crippen LogP) is 2.79. The zero-order valence-corrected chi connectivity index (χ0v) is 15.5. The molecule has 134 valence electrons. The van der Waals surface area contributed by atoms with E-state index in [0.717, 1.165) is 43.4 Å². The van der Waals surface area contributed by atoms with Crippen molar-refractivity contribution in [1.82, 2.24) is 4.31 Å². The van der Waals surface area contributed by atoms with Gasteiger partial charge in [0, 0.05) is 39.0 Å². The second-order valence-electron chi connectivity index (χ2n) is 7.03. The van der Waals surface area contributed by atoms with E-state index in [0.29, 0.717) is 13.2 Å². The normalized spacial score (nSPS) is 25.8. The molecule has 0 N–H and O–H groups in total. The van der Waals surface area contributed by atoms with E-state index in [1.165, 1.54) is 0 Å². The summed E-state index contributed by atoms with van der Waals surface area (Å²) in [7, 11) is 0.710. The van der Waals surface area contributed by atoms with Gasteiger partial charge in [0.15, 0.2) is 0 Å². The highest BCUT2D eigenvalue weighted by atomic mass is 32.2. The van der Waals surface area contributed by atoms with E-state index in [9.17, 15) is 8.42 Å². The molecule has 2 aliphatic heterocycles. The van der Waals surface area contributed by atoms with Gasteiger partial charge >= 0.3 is 0 Å². The molecule has 2 saturated heterocycles. The summed E-state index contributed by atoms with van der Waals surface area (Å²) in [6.07, 6.45) is 4.63. The number of ether oxygens (including phenoxy) is 1. The van der Waals surface area contributed by atoms with Crippen LogP contribution in [0.25, 0.3) is 0 Å². The Bertz CT molecular complexity index is 654. The topological polar surface area (TPSA) is 49.9 Å². The summed E-state index contributed by atoms with van der Waals surface area (Å²) < 4.78 is 33.2. The molecule has 0 saturated carbocycles. The Kier molecular flexibility index (Phi) is 5.47. The summed E-state index contributed by atoms with van der Waals surface area (Å²) in [6, 6.07) is 8.17. The van der Waals surface area contributed by atoms with Gasteiger partial charge in [-0.1, -0.05) is 12.1 Å². The third-order valence-corrected chi connectivity index (χ3v) is 6.95. The summed E-state index contributed by atoms with van der Waals surface area (Å²) in [4.78, 5) is 2.05. The summed E-state index contributed by atoms with van der Waals surface area (Å²) >= 11 is 0. The van der Waals surface area contributed by atoms with Crippen LogP contribution >= 0.6 is 0 Å². The average molecular weight is 353 g/mol. The Morgan fingerprint density at radius 1 is 1.21 bits per heavy atom. The molecule has 0 amide bonds. The van der Waals surface area contributed by atoms with E-state index in [1.54, 1.807) is 4.31 Å². The zero-order valence-electron chi connectivity index (χ0n) is 14.6. The Balaban J connectivity index is 1.78. The van der Waals surface area contributed by atoms with Crippen LogP contribution in [0.3, 0.4) is 0 Å². The minimum atomic E-state index is -3.30. The van der Waals surface area contributed by atoms with E-state index in [2.05, 4.69) is 6.07 Å². The lowest BCUT2D eigenvalue weighted by Crippen LogP contribution is -2.38. The van der Waals surface area contributed by atoms with Crippen LogP contribution in [0.1, 0.15) is 43.7 Å². The van der Waals surface area contributed by atoms with Gasteiger partial charge in [0.1, 0.15) is 0 Å². The lowest BCUT2D eigenvalue weighted by molar-refractivity contribution is 0.0298. The van der Waals surface area contributed by atoms with Crippen molar-refractivity contribution in [2.24, 2.45) is 0 Å². The van der Waals surface area contributed by atoms with Crippen LogP contribution in [0, 0.1) is 0 Å². The highest BCUT2D eigenvalue weighted by molar-refractivity contribution is 7.89. The molecule has 2 atom stereocenters. The fourth-order valence-corrected chi connectivity index (χ4v) is 5.63. The third kappa shape index (κ3) is 3.92. The molecule has 0 bridgehead atoms. The fourth-order valence-electron chi connectivity index (χ4n) is 3.69. The molecule has 2 fully saturated rings. The van der Waals surface area contributed by atoms with E-state index in [-0.39, 0.29) is 17.9 Å². The van der Waals surface area contributed by atoms with Gasteiger partial charge in [-0.05, 0) is 49.8 Å². The highest BCUT2D eigenvalue weighted by Gasteiger charge is 2.37. The maximum atomic E-state index is 12.9. The number of benzene rings is 1. The van der Waals surface area contributed by atoms with Crippen LogP contribution in [0.15, 0.2) is 24.3 Å². The van der Waals surface area contributed by atoms with Crippen LogP contribution in [-0.2, 0) is 14.8 Å². The van der Waals surface area contributed by atoms with Crippen LogP contribution in [0.5, 0.6) is 0 Å². The molecule has 24 heavy (non-hydrogen) atoms. The molecule has 2 heterocycles. The lowest BCUT2D eigenvalue weighted by Gasteiger charge is -2.29. The molecule has 2 unspecified atom stereocenters. The van der Waals surface area contributed by atoms with Crippen molar-refractivity contribution in [3.63, 3.8) is 0 Å². The Hall–Kier alpha value is -1.11. The quantitative estimate of drug-likeness (QED) is 0.818. The van der Waals surface area contributed by atoms with Gasteiger partial charge in [0.05, 0.1) is 11.9 Å². The van der Waals surface area contributed by atoms with Crippen molar-refractivity contribution in [3.8, 4) is 0 Å². The third-order valence-electron chi connectivity index (χ3n) is 5.00.